The highest BCUT2D eigenvalue weighted by molar-refractivity contribution is 5.76. The van der Waals surface area contributed by atoms with Gasteiger partial charge in [0.1, 0.15) is 11.5 Å². The molecule has 0 saturated carbocycles. The Morgan fingerprint density at radius 3 is 2.82 bits per heavy atom. The van der Waals surface area contributed by atoms with E-state index in [1.54, 1.807) is 12.1 Å². The summed E-state index contributed by atoms with van der Waals surface area (Å²) in [6.07, 6.45) is 3.14. The summed E-state index contributed by atoms with van der Waals surface area (Å²) in [6, 6.07) is 7.31. The number of nitrogens with zero attached hydrogens (tertiary/aromatic N) is 1. The van der Waals surface area contributed by atoms with E-state index >= 15 is 0 Å². The number of rotatable bonds is 4. The Balaban J connectivity index is 2.27. The van der Waals surface area contributed by atoms with Gasteiger partial charge in [-0.2, -0.15) is 0 Å². The molecule has 0 fully saturated rings. The molecule has 0 aliphatic heterocycles. The van der Waals surface area contributed by atoms with Crippen molar-refractivity contribution in [3.05, 3.63) is 30.0 Å². The van der Waals surface area contributed by atoms with E-state index in [9.17, 15) is 0 Å². The first kappa shape index (κ1) is 11.5. The van der Waals surface area contributed by atoms with E-state index in [1.807, 2.05) is 12.1 Å². The molecule has 4 heteroatoms. The van der Waals surface area contributed by atoms with E-state index in [4.69, 9.17) is 16.0 Å². The van der Waals surface area contributed by atoms with Crippen molar-refractivity contribution in [1.29, 1.82) is 0 Å². The van der Waals surface area contributed by atoms with E-state index in [1.165, 1.54) is 0 Å². The standard InChI is InChI=1S/C13H17N3O/c1-2-3-4-10-8-13(16-17-10)11-7-9(14)5-6-12(11)15/h5-8H,2-4,14-15H2,1H3. The van der Waals surface area contributed by atoms with Crippen molar-refractivity contribution < 1.29 is 4.52 Å². The van der Waals surface area contributed by atoms with Crippen LogP contribution in [-0.2, 0) is 6.42 Å². The molecule has 2 rings (SSSR count). The number of anilines is 2. The average molecular weight is 231 g/mol. The van der Waals surface area contributed by atoms with Crippen molar-refractivity contribution in [2.75, 3.05) is 11.5 Å². The summed E-state index contributed by atoms with van der Waals surface area (Å²) in [5, 5.41) is 4.03. The second kappa shape index (κ2) is 4.91. The fourth-order valence-electron chi connectivity index (χ4n) is 1.70. The molecule has 0 amide bonds. The molecule has 0 unspecified atom stereocenters. The lowest BCUT2D eigenvalue weighted by Crippen LogP contribution is -1.92. The Hall–Kier alpha value is -1.97. The fourth-order valence-corrected chi connectivity index (χ4v) is 1.70. The lowest BCUT2D eigenvalue weighted by molar-refractivity contribution is 0.382. The molecule has 1 aromatic carbocycles. The van der Waals surface area contributed by atoms with Gasteiger partial charge in [-0.3, -0.25) is 0 Å². The predicted molar refractivity (Wildman–Crippen MR) is 69.4 cm³/mol. The summed E-state index contributed by atoms with van der Waals surface area (Å²) in [6.45, 7) is 2.15. The van der Waals surface area contributed by atoms with Crippen LogP contribution in [0.25, 0.3) is 11.3 Å². The maximum absolute atomic E-state index is 5.89. The van der Waals surface area contributed by atoms with E-state index < -0.39 is 0 Å². The van der Waals surface area contributed by atoms with Crippen LogP contribution < -0.4 is 11.5 Å². The van der Waals surface area contributed by atoms with Gasteiger partial charge in [-0.25, -0.2) is 0 Å². The molecule has 0 saturated heterocycles. The molecule has 0 aliphatic carbocycles. The van der Waals surface area contributed by atoms with Crippen LogP contribution in [0.15, 0.2) is 28.8 Å². The minimum Gasteiger partial charge on any atom is -0.399 e. The van der Waals surface area contributed by atoms with Crippen LogP contribution in [0.2, 0.25) is 0 Å². The van der Waals surface area contributed by atoms with Crippen LogP contribution in [0.4, 0.5) is 11.4 Å². The summed E-state index contributed by atoms with van der Waals surface area (Å²) in [7, 11) is 0. The van der Waals surface area contributed by atoms with E-state index in [-0.39, 0.29) is 0 Å². The number of hydrogen-bond donors (Lipinski definition) is 2. The molecule has 0 atom stereocenters. The molecule has 0 aliphatic rings. The first-order chi connectivity index (χ1) is 8.20. The Labute approximate surface area is 101 Å². The summed E-state index contributed by atoms with van der Waals surface area (Å²) >= 11 is 0. The molecule has 4 N–H and O–H groups in total. The molecule has 0 radical (unpaired) electrons. The zero-order chi connectivity index (χ0) is 12.3. The molecule has 4 nitrogen and oxygen atoms in total. The third-order valence-electron chi connectivity index (χ3n) is 2.69. The maximum Gasteiger partial charge on any atom is 0.137 e. The number of aryl methyl sites for hydroxylation is 1. The zero-order valence-corrected chi connectivity index (χ0v) is 9.94. The van der Waals surface area contributed by atoms with Crippen molar-refractivity contribution in [2.45, 2.75) is 26.2 Å². The Morgan fingerprint density at radius 1 is 1.24 bits per heavy atom. The number of nitrogens with two attached hydrogens (primary N) is 2. The monoisotopic (exact) mass is 231 g/mol. The number of unbranched alkanes of at least 4 members (excludes halogenated alkanes) is 1. The van der Waals surface area contributed by atoms with Crippen LogP contribution in [0.5, 0.6) is 0 Å². The number of hydrogen-bond acceptors (Lipinski definition) is 4. The molecular weight excluding hydrogens is 214 g/mol. The van der Waals surface area contributed by atoms with Gasteiger partial charge in [-0.15, -0.1) is 0 Å². The first-order valence-corrected chi connectivity index (χ1v) is 5.81. The fraction of sp³-hybridized carbons (Fsp3) is 0.308. The van der Waals surface area contributed by atoms with Gasteiger partial charge in [0, 0.05) is 29.4 Å². The van der Waals surface area contributed by atoms with Gasteiger partial charge in [0.05, 0.1) is 0 Å². The highest BCUT2D eigenvalue weighted by Crippen LogP contribution is 2.27. The molecule has 90 valence electrons. The minimum atomic E-state index is 0.662. The number of benzene rings is 1. The molecule has 0 spiro atoms. The highest BCUT2D eigenvalue weighted by atomic mass is 16.5. The largest absolute Gasteiger partial charge is 0.399 e. The summed E-state index contributed by atoms with van der Waals surface area (Å²) in [5.41, 5.74) is 14.5. The lowest BCUT2D eigenvalue weighted by atomic mass is 10.1. The normalized spacial score (nSPS) is 10.6. The van der Waals surface area contributed by atoms with Crippen molar-refractivity contribution in [2.24, 2.45) is 0 Å². The van der Waals surface area contributed by atoms with Crippen LogP contribution >= 0.6 is 0 Å². The molecule has 1 aromatic heterocycles. The van der Waals surface area contributed by atoms with Crippen molar-refractivity contribution in [3.8, 4) is 11.3 Å². The second-order valence-electron chi connectivity index (χ2n) is 4.13. The van der Waals surface area contributed by atoms with Crippen LogP contribution in [0.3, 0.4) is 0 Å². The molecule has 2 aromatic rings. The first-order valence-electron chi connectivity index (χ1n) is 5.81. The third kappa shape index (κ3) is 2.58. The quantitative estimate of drug-likeness (QED) is 0.793. The van der Waals surface area contributed by atoms with Crippen molar-refractivity contribution in [1.82, 2.24) is 5.16 Å². The summed E-state index contributed by atoms with van der Waals surface area (Å²) < 4.78 is 5.27. The lowest BCUT2D eigenvalue weighted by Gasteiger charge is -2.02. The van der Waals surface area contributed by atoms with E-state index in [0.29, 0.717) is 11.4 Å². The Bertz CT molecular complexity index is 505. The Morgan fingerprint density at radius 2 is 2.06 bits per heavy atom. The number of aromatic nitrogens is 1. The number of nitrogen functional groups attached to an aromatic ring is 2. The topological polar surface area (TPSA) is 78.1 Å². The maximum atomic E-state index is 5.89. The van der Waals surface area contributed by atoms with Crippen molar-refractivity contribution in [3.63, 3.8) is 0 Å². The zero-order valence-electron chi connectivity index (χ0n) is 9.94. The smallest absolute Gasteiger partial charge is 0.137 e. The Kier molecular flexibility index (Phi) is 3.32. The van der Waals surface area contributed by atoms with Crippen LogP contribution in [-0.4, -0.2) is 5.16 Å². The summed E-state index contributed by atoms with van der Waals surface area (Å²) in [4.78, 5) is 0. The van der Waals surface area contributed by atoms with Gasteiger partial charge in [0.2, 0.25) is 0 Å². The molecular formula is C13H17N3O. The van der Waals surface area contributed by atoms with Crippen LogP contribution in [0.1, 0.15) is 25.5 Å². The van der Waals surface area contributed by atoms with E-state index in [2.05, 4.69) is 12.1 Å². The third-order valence-corrected chi connectivity index (χ3v) is 2.69. The van der Waals surface area contributed by atoms with Crippen LogP contribution in [0, 0.1) is 0 Å². The predicted octanol–water partition coefficient (Wildman–Crippen LogP) is 2.85. The average Bonchev–Trinajstić information content (AvgIpc) is 2.78. The van der Waals surface area contributed by atoms with Gasteiger partial charge in [-0.1, -0.05) is 18.5 Å². The SMILES string of the molecule is CCCCc1cc(-c2cc(N)ccc2N)no1. The van der Waals surface area contributed by atoms with Gasteiger partial charge in [0.25, 0.3) is 0 Å². The van der Waals surface area contributed by atoms with Gasteiger partial charge >= 0.3 is 0 Å². The van der Waals surface area contributed by atoms with Gasteiger partial charge < -0.3 is 16.0 Å². The van der Waals surface area contributed by atoms with E-state index in [0.717, 1.165) is 36.3 Å². The second-order valence-corrected chi connectivity index (χ2v) is 4.13. The highest BCUT2D eigenvalue weighted by Gasteiger charge is 2.09. The van der Waals surface area contributed by atoms with Gasteiger partial charge in [0.15, 0.2) is 0 Å². The van der Waals surface area contributed by atoms with Crippen molar-refractivity contribution >= 4 is 11.4 Å². The summed E-state index contributed by atoms with van der Waals surface area (Å²) in [5.74, 6) is 0.892. The molecule has 1 heterocycles. The van der Waals surface area contributed by atoms with Gasteiger partial charge in [-0.05, 0) is 24.6 Å². The molecule has 0 bridgehead atoms. The minimum absolute atomic E-state index is 0.662. The molecule has 17 heavy (non-hydrogen) atoms.